The van der Waals surface area contributed by atoms with E-state index in [1.165, 1.54) is 0 Å². The van der Waals surface area contributed by atoms with Crippen molar-refractivity contribution in [1.82, 2.24) is 9.97 Å². The molecular weight excluding hydrogens is 338 g/mol. The van der Waals surface area contributed by atoms with Crippen molar-refractivity contribution in [3.63, 3.8) is 0 Å². The maximum absolute atomic E-state index is 4.22. The van der Waals surface area contributed by atoms with Gasteiger partial charge in [-0.15, -0.1) is 0 Å². The maximum Gasteiger partial charge on any atom is 0.134 e. The van der Waals surface area contributed by atoms with Gasteiger partial charge >= 0.3 is 0 Å². The summed E-state index contributed by atoms with van der Waals surface area (Å²) in [5.74, 6) is 0.764. The van der Waals surface area contributed by atoms with E-state index < -0.39 is 0 Å². The fourth-order valence-electron chi connectivity index (χ4n) is 1.08. The fourth-order valence-corrected chi connectivity index (χ4v) is 1.08. The Hall–Kier alpha value is 0.508. The van der Waals surface area contributed by atoms with Crippen LogP contribution in [0.25, 0.3) is 11.4 Å². The average Bonchev–Trinajstić information content (AvgIpc) is 2.20. The molecule has 2 nitrogen and oxygen atoms in total. The van der Waals surface area contributed by atoms with E-state index in [9.17, 15) is 0 Å². The van der Waals surface area contributed by atoms with E-state index in [4.69, 9.17) is 0 Å². The molecule has 2 aromatic rings. The van der Waals surface area contributed by atoms with Gasteiger partial charge in [-0.25, -0.2) is 9.97 Å². The smallest absolute Gasteiger partial charge is 0.134 e. The van der Waals surface area contributed by atoms with Crippen molar-refractivity contribution < 1.29 is 65.4 Å². The summed E-state index contributed by atoms with van der Waals surface area (Å²) in [5, 5.41) is 0. The average molecular weight is 347 g/mol. The van der Waals surface area contributed by atoms with Crippen molar-refractivity contribution in [1.29, 1.82) is 0 Å². The number of benzene rings is 1. The largest absolute Gasteiger partial charge is 0.238 e. The Morgan fingerprint density at radius 2 is 1.53 bits per heavy atom. The van der Waals surface area contributed by atoms with Crippen molar-refractivity contribution in [2.24, 2.45) is 0 Å². The standard InChI is InChI=1S/C11H9N2.2Y/c1-9-7-12-11(13-8-9)10-5-3-2-4-6-10;;/h3-8H,1H3;;/q-1;;. The molecule has 1 heterocycles. The zero-order valence-corrected chi connectivity index (χ0v) is 14.2. The molecule has 1 aromatic heterocycles. The minimum atomic E-state index is 0. The van der Waals surface area contributed by atoms with Crippen LogP contribution in [0.5, 0.6) is 0 Å². The van der Waals surface area contributed by atoms with Gasteiger partial charge in [-0.3, -0.25) is 0 Å². The zero-order chi connectivity index (χ0) is 9.10. The van der Waals surface area contributed by atoms with Gasteiger partial charge in [-0.1, -0.05) is 5.56 Å². The predicted molar refractivity (Wildman–Crippen MR) is 51.0 cm³/mol. The van der Waals surface area contributed by atoms with Crippen LogP contribution < -0.4 is 0 Å². The third kappa shape index (κ3) is 4.48. The Bertz CT molecular complexity index is 387. The normalized spacial score (nSPS) is 8.60. The SMILES string of the molecule is Cc1cnc(-c2cc[c-]cc2)nc1.[Y].[Y]. The molecule has 2 rings (SSSR count). The Kier molecular flexibility index (Phi) is 7.99. The molecule has 4 heteroatoms. The quantitative estimate of drug-likeness (QED) is 0.740. The van der Waals surface area contributed by atoms with Crippen LogP contribution in [0.15, 0.2) is 36.7 Å². The van der Waals surface area contributed by atoms with Gasteiger partial charge in [0, 0.05) is 77.8 Å². The van der Waals surface area contributed by atoms with Crippen LogP contribution in [-0.4, -0.2) is 9.97 Å². The molecule has 0 bridgehead atoms. The van der Waals surface area contributed by atoms with Crippen molar-refractivity contribution in [2.45, 2.75) is 6.92 Å². The first-order chi connectivity index (χ1) is 6.36. The van der Waals surface area contributed by atoms with Crippen LogP contribution >= 0.6 is 0 Å². The molecule has 0 unspecified atom stereocenters. The summed E-state index contributed by atoms with van der Waals surface area (Å²) >= 11 is 0. The van der Waals surface area contributed by atoms with Gasteiger partial charge in [0.05, 0.1) is 0 Å². The van der Waals surface area contributed by atoms with E-state index in [0.29, 0.717) is 0 Å². The third-order valence-corrected chi connectivity index (χ3v) is 1.76. The molecule has 0 aliphatic carbocycles. The van der Waals surface area contributed by atoms with Crippen LogP contribution in [0.2, 0.25) is 0 Å². The molecule has 0 fully saturated rings. The van der Waals surface area contributed by atoms with Gasteiger partial charge in [-0.2, -0.15) is 30.3 Å². The van der Waals surface area contributed by atoms with Crippen LogP contribution in [0.1, 0.15) is 5.56 Å². The second kappa shape index (κ2) is 7.73. The van der Waals surface area contributed by atoms with Gasteiger partial charge in [-0.05, 0) is 12.5 Å². The first-order valence-corrected chi connectivity index (χ1v) is 4.11. The molecule has 0 saturated heterocycles. The zero-order valence-electron chi connectivity index (χ0n) is 8.51. The van der Waals surface area contributed by atoms with Crippen LogP contribution in [0.3, 0.4) is 0 Å². The van der Waals surface area contributed by atoms with Crippen molar-refractivity contribution in [3.05, 3.63) is 48.3 Å². The van der Waals surface area contributed by atoms with Gasteiger partial charge in [0.15, 0.2) is 0 Å². The van der Waals surface area contributed by atoms with E-state index >= 15 is 0 Å². The number of rotatable bonds is 1. The molecule has 0 amide bonds. The van der Waals surface area contributed by atoms with Gasteiger partial charge in [0.1, 0.15) is 5.82 Å². The Morgan fingerprint density at radius 3 is 2.07 bits per heavy atom. The van der Waals surface area contributed by atoms with E-state index in [1.54, 1.807) is 0 Å². The molecule has 0 atom stereocenters. The van der Waals surface area contributed by atoms with Gasteiger partial charge in [0.25, 0.3) is 0 Å². The molecule has 0 saturated carbocycles. The Morgan fingerprint density at radius 1 is 1.00 bits per heavy atom. The number of hydrogen-bond donors (Lipinski definition) is 0. The van der Waals surface area contributed by atoms with E-state index in [1.807, 2.05) is 43.6 Å². The van der Waals surface area contributed by atoms with Crippen molar-refractivity contribution >= 4 is 0 Å². The van der Waals surface area contributed by atoms with Gasteiger partial charge in [0.2, 0.25) is 0 Å². The first-order valence-electron chi connectivity index (χ1n) is 4.11. The molecule has 0 aliphatic heterocycles. The summed E-state index contributed by atoms with van der Waals surface area (Å²) in [7, 11) is 0. The summed E-state index contributed by atoms with van der Waals surface area (Å²) < 4.78 is 0. The van der Waals surface area contributed by atoms with Crippen molar-refractivity contribution in [2.75, 3.05) is 0 Å². The molecule has 1 aromatic carbocycles. The third-order valence-electron chi connectivity index (χ3n) is 1.76. The van der Waals surface area contributed by atoms with Crippen molar-refractivity contribution in [3.8, 4) is 11.4 Å². The summed E-state index contributed by atoms with van der Waals surface area (Å²) in [6.45, 7) is 1.97. The van der Waals surface area contributed by atoms with E-state index in [-0.39, 0.29) is 65.4 Å². The van der Waals surface area contributed by atoms with E-state index in [2.05, 4.69) is 16.0 Å². The predicted octanol–water partition coefficient (Wildman–Crippen LogP) is 2.25. The topological polar surface area (TPSA) is 25.8 Å². The molecule has 0 aliphatic rings. The second-order valence-corrected chi connectivity index (χ2v) is 2.87. The summed E-state index contributed by atoms with van der Waals surface area (Å²) in [6.07, 6.45) is 3.64. The first kappa shape index (κ1) is 15.5. The van der Waals surface area contributed by atoms with Crippen LogP contribution in [0.4, 0.5) is 0 Å². The van der Waals surface area contributed by atoms with E-state index in [0.717, 1.165) is 17.0 Å². The maximum atomic E-state index is 4.22. The Balaban J connectivity index is 0.000000980. The molecule has 15 heavy (non-hydrogen) atoms. The van der Waals surface area contributed by atoms with Crippen LogP contribution in [-0.2, 0) is 65.4 Å². The number of hydrogen-bond acceptors (Lipinski definition) is 2. The number of aryl methyl sites for hydroxylation is 1. The summed E-state index contributed by atoms with van der Waals surface area (Å²) in [6, 6.07) is 10.6. The summed E-state index contributed by atoms with van der Waals surface area (Å²) in [5.41, 5.74) is 2.10. The molecular formula is C11H9N2Y2-. The van der Waals surface area contributed by atoms with Gasteiger partial charge < -0.3 is 0 Å². The minimum absolute atomic E-state index is 0. The number of aromatic nitrogens is 2. The molecule has 2 radical (unpaired) electrons. The molecule has 0 N–H and O–H groups in total. The monoisotopic (exact) mass is 347 g/mol. The molecule has 70 valence electrons. The molecule has 0 spiro atoms. The second-order valence-electron chi connectivity index (χ2n) is 2.87. The van der Waals surface area contributed by atoms with Crippen LogP contribution in [0, 0.1) is 13.0 Å². The number of nitrogens with zero attached hydrogens (tertiary/aromatic N) is 2. The Labute approximate surface area is 140 Å². The fraction of sp³-hybridized carbons (Fsp3) is 0.0909. The minimum Gasteiger partial charge on any atom is -0.238 e. The summed E-state index contributed by atoms with van der Waals surface area (Å²) in [4.78, 5) is 8.45.